The molecular formula is C17H23N3O. The Hall–Kier alpha value is -1.36. The second kappa shape index (κ2) is 5.79. The normalized spacial score (nSPS) is 23.7. The molecule has 1 aromatic heterocycles. The molecule has 1 aliphatic heterocycles. The average molecular weight is 285 g/mol. The van der Waals surface area contributed by atoms with E-state index in [1.54, 1.807) is 0 Å². The van der Waals surface area contributed by atoms with Crippen molar-refractivity contribution in [3.63, 3.8) is 0 Å². The van der Waals surface area contributed by atoms with Crippen molar-refractivity contribution in [3.05, 3.63) is 36.0 Å². The number of morpholine rings is 1. The zero-order valence-electron chi connectivity index (χ0n) is 12.3. The van der Waals surface area contributed by atoms with Crippen LogP contribution in [0.3, 0.4) is 0 Å². The summed E-state index contributed by atoms with van der Waals surface area (Å²) in [4.78, 5) is 5.87. The Morgan fingerprint density at radius 3 is 3.14 bits per heavy atom. The van der Waals surface area contributed by atoms with Crippen molar-refractivity contribution in [2.24, 2.45) is 0 Å². The van der Waals surface area contributed by atoms with Crippen LogP contribution in [0.4, 0.5) is 0 Å². The summed E-state index contributed by atoms with van der Waals surface area (Å²) in [5.41, 5.74) is 2.56. The average Bonchev–Trinajstić information content (AvgIpc) is 3.25. The number of fused-ring (bicyclic) bond motifs is 1. The lowest BCUT2D eigenvalue weighted by Gasteiger charge is -2.33. The number of hydrogen-bond donors (Lipinski definition) is 2. The first-order chi connectivity index (χ1) is 10.4. The fourth-order valence-electron chi connectivity index (χ4n) is 3.31. The van der Waals surface area contributed by atoms with Crippen LogP contribution in [0.1, 0.15) is 18.4 Å². The Morgan fingerprint density at radius 2 is 2.24 bits per heavy atom. The van der Waals surface area contributed by atoms with Crippen molar-refractivity contribution in [2.75, 3.05) is 26.2 Å². The van der Waals surface area contributed by atoms with E-state index in [0.29, 0.717) is 6.10 Å². The number of aromatic nitrogens is 1. The van der Waals surface area contributed by atoms with Crippen LogP contribution in [0.2, 0.25) is 0 Å². The molecule has 1 aliphatic carbocycles. The van der Waals surface area contributed by atoms with Crippen molar-refractivity contribution >= 4 is 10.9 Å². The molecule has 0 spiro atoms. The third-order valence-corrected chi connectivity index (χ3v) is 4.61. The molecule has 1 saturated heterocycles. The molecule has 4 heteroatoms. The van der Waals surface area contributed by atoms with Gasteiger partial charge in [-0.3, -0.25) is 4.90 Å². The molecule has 1 saturated carbocycles. The summed E-state index contributed by atoms with van der Waals surface area (Å²) in [6.45, 7) is 4.93. The Morgan fingerprint density at radius 1 is 1.29 bits per heavy atom. The van der Waals surface area contributed by atoms with Crippen molar-refractivity contribution < 1.29 is 4.74 Å². The molecule has 1 aromatic carbocycles. The first-order valence-electron chi connectivity index (χ1n) is 8.01. The van der Waals surface area contributed by atoms with E-state index < -0.39 is 0 Å². The van der Waals surface area contributed by atoms with Gasteiger partial charge in [-0.15, -0.1) is 0 Å². The molecule has 112 valence electrons. The van der Waals surface area contributed by atoms with Crippen LogP contribution in [0.15, 0.2) is 30.5 Å². The smallest absolute Gasteiger partial charge is 0.0826 e. The molecule has 0 unspecified atom stereocenters. The molecule has 4 nitrogen and oxygen atoms in total. The Kier molecular flexibility index (Phi) is 3.67. The van der Waals surface area contributed by atoms with E-state index in [9.17, 15) is 0 Å². The van der Waals surface area contributed by atoms with Crippen LogP contribution in [-0.2, 0) is 11.3 Å². The largest absolute Gasteiger partial charge is 0.374 e. The highest BCUT2D eigenvalue weighted by atomic mass is 16.5. The third-order valence-electron chi connectivity index (χ3n) is 4.61. The van der Waals surface area contributed by atoms with Gasteiger partial charge in [-0.2, -0.15) is 0 Å². The minimum Gasteiger partial charge on any atom is -0.374 e. The fourth-order valence-corrected chi connectivity index (χ4v) is 3.31. The third kappa shape index (κ3) is 2.98. The summed E-state index contributed by atoms with van der Waals surface area (Å²) in [7, 11) is 0. The number of benzene rings is 1. The number of rotatable bonds is 5. The van der Waals surface area contributed by atoms with Gasteiger partial charge in [0, 0.05) is 49.3 Å². The number of H-pyrrole nitrogens is 1. The lowest BCUT2D eigenvalue weighted by molar-refractivity contribution is -0.0301. The fraction of sp³-hybridized carbons (Fsp3) is 0.529. The Labute approximate surface area is 125 Å². The van der Waals surface area contributed by atoms with E-state index in [1.165, 1.54) is 29.3 Å². The number of nitrogens with zero attached hydrogens (tertiary/aromatic N) is 1. The van der Waals surface area contributed by atoms with Gasteiger partial charge >= 0.3 is 0 Å². The predicted molar refractivity (Wildman–Crippen MR) is 84.3 cm³/mol. The van der Waals surface area contributed by atoms with Crippen LogP contribution in [-0.4, -0.2) is 48.3 Å². The molecule has 2 fully saturated rings. The highest BCUT2D eigenvalue weighted by Crippen LogP contribution is 2.28. The zero-order valence-corrected chi connectivity index (χ0v) is 12.3. The van der Waals surface area contributed by atoms with Crippen LogP contribution < -0.4 is 5.32 Å². The highest BCUT2D eigenvalue weighted by molar-refractivity contribution is 5.82. The van der Waals surface area contributed by atoms with Gasteiger partial charge in [0.25, 0.3) is 0 Å². The maximum absolute atomic E-state index is 5.89. The molecule has 0 bridgehead atoms. The summed E-state index contributed by atoms with van der Waals surface area (Å²) in [5, 5.41) is 4.88. The van der Waals surface area contributed by atoms with Crippen LogP contribution >= 0.6 is 0 Å². The van der Waals surface area contributed by atoms with Gasteiger partial charge in [-0.05, 0) is 30.5 Å². The van der Waals surface area contributed by atoms with E-state index in [1.807, 2.05) is 6.20 Å². The SMILES string of the molecule is c1cc(CNC[C@H]2CN(C3CC3)CCO2)c2cc[nH]c2c1. The molecule has 2 aliphatic rings. The van der Waals surface area contributed by atoms with Crippen LogP contribution in [0.25, 0.3) is 10.9 Å². The molecule has 1 atom stereocenters. The molecule has 0 radical (unpaired) electrons. The van der Waals surface area contributed by atoms with E-state index >= 15 is 0 Å². The van der Waals surface area contributed by atoms with Gasteiger partial charge < -0.3 is 15.0 Å². The highest BCUT2D eigenvalue weighted by Gasteiger charge is 2.32. The lowest BCUT2D eigenvalue weighted by Crippen LogP contribution is -2.47. The maximum Gasteiger partial charge on any atom is 0.0826 e. The van der Waals surface area contributed by atoms with Crippen molar-refractivity contribution in [3.8, 4) is 0 Å². The topological polar surface area (TPSA) is 40.3 Å². The molecule has 2 aromatic rings. The number of nitrogens with one attached hydrogen (secondary N) is 2. The first kappa shape index (κ1) is 13.3. The van der Waals surface area contributed by atoms with Gasteiger partial charge in [0.05, 0.1) is 12.7 Å². The first-order valence-corrected chi connectivity index (χ1v) is 8.01. The van der Waals surface area contributed by atoms with Gasteiger partial charge in [-0.1, -0.05) is 12.1 Å². The van der Waals surface area contributed by atoms with Crippen molar-refractivity contribution in [1.82, 2.24) is 15.2 Å². The standard InChI is InChI=1S/C17H23N3O/c1-2-13(16-6-7-19-17(16)3-1)10-18-11-15-12-20(8-9-21-15)14-4-5-14/h1-3,6-7,14-15,18-19H,4-5,8-12H2/t15-/m0/s1. The summed E-state index contributed by atoms with van der Waals surface area (Å²) in [6, 6.07) is 9.43. The van der Waals surface area contributed by atoms with E-state index in [2.05, 4.69) is 39.5 Å². The lowest BCUT2D eigenvalue weighted by atomic mass is 10.1. The second-order valence-corrected chi connectivity index (χ2v) is 6.21. The number of ether oxygens (including phenoxy) is 1. The molecule has 4 rings (SSSR count). The summed E-state index contributed by atoms with van der Waals surface area (Å²) >= 11 is 0. The molecule has 21 heavy (non-hydrogen) atoms. The zero-order chi connectivity index (χ0) is 14.1. The summed E-state index contributed by atoms with van der Waals surface area (Å²) < 4.78 is 5.89. The van der Waals surface area contributed by atoms with E-state index in [-0.39, 0.29) is 0 Å². The molecule has 2 N–H and O–H groups in total. The Balaban J connectivity index is 1.31. The van der Waals surface area contributed by atoms with Crippen molar-refractivity contribution in [2.45, 2.75) is 31.5 Å². The molecule has 2 heterocycles. The monoisotopic (exact) mass is 285 g/mol. The molecular weight excluding hydrogens is 262 g/mol. The van der Waals surface area contributed by atoms with Gasteiger partial charge in [-0.25, -0.2) is 0 Å². The maximum atomic E-state index is 5.89. The predicted octanol–water partition coefficient (Wildman–Crippen LogP) is 2.12. The summed E-state index contributed by atoms with van der Waals surface area (Å²) in [6.07, 6.45) is 5.11. The van der Waals surface area contributed by atoms with Crippen molar-refractivity contribution in [1.29, 1.82) is 0 Å². The molecule has 0 amide bonds. The second-order valence-electron chi connectivity index (χ2n) is 6.21. The van der Waals surface area contributed by atoms with Gasteiger partial charge in [0.1, 0.15) is 0 Å². The van der Waals surface area contributed by atoms with E-state index in [4.69, 9.17) is 4.74 Å². The number of aromatic amines is 1. The van der Waals surface area contributed by atoms with E-state index in [0.717, 1.165) is 38.8 Å². The summed E-state index contributed by atoms with van der Waals surface area (Å²) in [5.74, 6) is 0. The minimum atomic E-state index is 0.338. The minimum absolute atomic E-state index is 0.338. The quantitative estimate of drug-likeness (QED) is 0.884. The van der Waals surface area contributed by atoms with Gasteiger partial charge in [0.2, 0.25) is 0 Å². The van der Waals surface area contributed by atoms with Crippen LogP contribution in [0, 0.1) is 0 Å². The van der Waals surface area contributed by atoms with Crippen LogP contribution in [0.5, 0.6) is 0 Å². The van der Waals surface area contributed by atoms with Gasteiger partial charge in [0.15, 0.2) is 0 Å². The Bertz CT molecular complexity index is 605. The number of hydrogen-bond acceptors (Lipinski definition) is 3.